The molecule has 5 heteroatoms. The van der Waals surface area contributed by atoms with E-state index >= 15 is 0 Å². The van der Waals surface area contributed by atoms with Gasteiger partial charge < -0.3 is 15.8 Å². The molecule has 0 spiro atoms. The number of benzene rings is 1. The van der Waals surface area contributed by atoms with Crippen LogP contribution < -0.4 is 11.1 Å². The molecule has 0 saturated carbocycles. The van der Waals surface area contributed by atoms with Gasteiger partial charge in [-0.25, -0.2) is 4.99 Å². The fourth-order valence-electron chi connectivity index (χ4n) is 2.36. The van der Waals surface area contributed by atoms with Gasteiger partial charge in [-0.05, 0) is 63.3 Å². The van der Waals surface area contributed by atoms with Crippen LogP contribution in [0.2, 0.25) is 0 Å². The van der Waals surface area contributed by atoms with Crippen LogP contribution in [0.15, 0.2) is 23.2 Å². The number of carbonyl (C=O) groups excluding carboxylic acids is 1. The van der Waals surface area contributed by atoms with Crippen LogP contribution in [-0.2, 0) is 22.4 Å². The summed E-state index contributed by atoms with van der Waals surface area (Å²) >= 11 is 0. The highest BCUT2D eigenvalue weighted by atomic mass is 16.6. The Morgan fingerprint density at radius 3 is 2.76 bits per heavy atom. The number of nitrogens with zero attached hydrogens (tertiary/aromatic N) is 1. The molecular weight excluding hydrogens is 266 g/mol. The molecule has 3 N–H and O–H groups in total. The van der Waals surface area contributed by atoms with Crippen molar-refractivity contribution >= 4 is 17.6 Å². The maximum absolute atomic E-state index is 11.6. The molecule has 1 aromatic rings. The number of rotatable bonds is 3. The predicted molar refractivity (Wildman–Crippen MR) is 84.4 cm³/mol. The van der Waals surface area contributed by atoms with Crippen molar-refractivity contribution < 1.29 is 9.53 Å². The lowest BCUT2D eigenvalue weighted by Crippen LogP contribution is -2.28. The van der Waals surface area contributed by atoms with Gasteiger partial charge in [-0.3, -0.25) is 4.79 Å². The van der Waals surface area contributed by atoms with E-state index in [0.29, 0.717) is 0 Å². The molecule has 0 heterocycles. The lowest BCUT2D eigenvalue weighted by Gasteiger charge is -2.18. The van der Waals surface area contributed by atoms with Gasteiger partial charge in [0.15, 0.2) is 5.96 Å². The van der Waals surface area contributed by atoms with Gasteiger partial charge in [-0.2, -0.15) is 0 Å². The monoisotopic (exact) mass is 289 g/mol. The zero-order valence-corrected chi connectivity index (χ0v) is 12.9. The van der Waals surface area contributed by atoms with Crippen LogP contribution in [-0.4, -0.2) is 24.1 Å². The third-order valence-corrected chi connectivity index (χ3v) is 3.17. The summed E-state index contributed by atoms with van der Waals surface area (Å²) in [6.07, 6.45) is 3.47. The molecule has 0 bridgehead atoms. The van der Waals surface area contributed by atoms with Crippen LogP contribution in [0.4, 0.5) is 5.69 Å². The van der Waals surface area contributed by atoms with Gasteiger partial charge in [-0.15, -0.1) is 0 Å². The Kier molecular flexibility index (Phi) is 4.50. The smallest absolute Gasteiger partial charge is 0.328 e. The number of hydrogen-bond acceptors (Lipinski definition) is 3. The second-order valence-corrected chi connectivity index (χ2v) is 6.25. The van der Waals surface area contributed by atoms with E-state index in [1.165, 1.54) is 17.5 Å². The van der Waals surface area contributed by atoms with Crippen LogP contribution >= 0.6 is 0 Å². The largest absolute Gasteiger partial charge is 0.459 e. The van der Waals surface area contributed by atoms with Crippen molar-refractivity contribution in [3.63, 3.8) is 0 Å². The van der Waals surface area contributed by atoms with Crippen molar-refractivity contribution in [1.29, 1.82) is 0 Å². The second-order valence-electron chi connectivity index (χ2n) is 6.25. The van der Waals surface area contributed by atoms with E-state index in [1.807, 2.05) is 26.8 Å². The summed E-state index contributed by atoms with van der Waals surface area (Å²) in [5.74, 6) is -0.167. The number of ether oxygens (including phenoxy) is 1. The Balaban J connectivity index is 1.90. The fourth-order valence-corrected chi connectivity index (χ4v) is 2.36. The van der Waals surface area contributed by atoms with Gasteiger partial charge in [0.2, 0.25) is 0 Å². The Hall–Kier alpha value is -2.04. The first-order valence-corrected chi connectivity index (χ1v) is 7.24. The van der Waals surface area contributed by atoms with E-state index in [-0.39, 0.29) is 18.5 Å². The van der Waals surface area contributed by atoms with Crippen molar-refractivity contribution in [1.82, 2.24) is 0 Å². The highest BCUT2D eigenvalue weighted by Crippen LogP contribution is 2.24. The molecule has 0 atom stereocenters. The number of fused-ring (bicyclic) bond motifs is 1. The summed E-state index contributed by atoms with van der Waals surface area (Å²) in [6, 6.07) is 6.20. The van der Waals surface area contributed by atoms with Crippen LogP contribution in [0.3, 0.4) is 0 Å². The summed E-state index contributed by atoms with van der Waals surface area (Å²) in [5.41, 5.74) is 8.96. The minimum atomic E-state index is -0.505. The first kappa shape index (κ1) is 15.4. The van der Waals surface area contributed by atoms with Gasteiger partial charge in [0, 0.05) is 5.69 Å². The van der Waals surface area contributed by atoms with E-state index in [2.05, 4.69) is 22.4 Å². The third-order valence-electron chi connectivity index (χ3n) is 3.17. The molecule has 0 saturated heterocycles. The summed E-state index contributed by atoms with van der Waals surface area (Å²) in [6.45, 7) is 5.38. The second kappa shape index (κ2) is 6.16. The molecule has 114 valence electrons. The minimum Gasteiger partial charge on any atom is -0.459 e. The number of hydrogen-bond donors (Lipinski definition) is 2. The predicted octanol–water partition coefficient (Wildman–Crippen LogP) is 2.24. The quantitative estimate of drug-likeness (QED) is 0.508. The first-order valence-electron chi connectivity index (χ1n) is 7.24. The fraction of sp³-hybridized carbons (Fsp3) is 0.500. The number of aryl methyl sites for hydroxylation is 2. The molecule has 0 unspecified atom stereocenters. The molecule has 5 nitrogen and oxygen atoms in total. The van der Waals surface area contributed by atoms with Crippen LogP contribution in [0.1, 0.15) is 38.3 Å². The molecule has 0 aromatic heterocycles. The number of carbonyl (C=O) groups is 1. The summed E-state index contributed by atoms with van der Waals surface area (Å²) < 4.78 is 5.17. The maximum Gasteiger partial charge on any atom is 0.328 e. The highest BCUT2D eigenvalue weighted by molar-refractivity contribution is 5.93. The Labute approximate surface area is 125 Å². The average molecular weight is 289 g/mol. The van der Waals surface area contributed by atoms with Gasteiger partial charge in [0.1, 0.15) is 12.1 Å². The Morgan fingerprint density at radius 1 is 1.33 bits per heavy atom. The molecule has 0 aliphatic heterocycles. The van der Waals surface area contributed by atoms with E-state index in [0.717, 1.165) is 18.5 Å². The maximum atomic E-state index is 11.6. The van der Waals surface area contributed by atoms with Crippen molar-refractivity contribution in [3.05, 3.63) is 29.3 Å². The SMILES string of the molecule is CC(C)(C)OC(=O)CN=C(N)Nc1ccc2c(c1)CCC2. The van der Waals surface area contributed by atoms with E-state index in [1.54, 1.807) is 0 Å². The normalized spacial score (nSPS) is 14.7. The molecule has 0 radical (unpaired) electrons. The summed E-state index contributed by atoms with van der Waals surface area (Å²) in [4.78, 5) is 15.6. The van der Waals surface area contributed by atoms with E-state index in [4.69, 9.17) is 10.5 Å². The van der Waals surface area contributed by atoms with Gasteiger partial charge in [0.25, 0.3) is 0 Å². The molecule has 2 rings (SSSR count). The summed E-state index contributed by atoms with van der Waals surface area (Å²) in [7, 11) is 0. The van der Waals surface area contributed by atoms with E-state index < -0.39 is 5.60 Å². The van der Waals surface area contributed by atoms with Gasteiger partial charge in [0.05, 0.1) is 0 Å². The molecule has 21 heavy (non-hydrogen) atoms. The molecule has 1 aromatic carbocycles. The lowest BCUT2D eigenvalue weighted by molar-refractivity contribution is -0.152. The Bertz CT molecular complexity index is 559. The van der Waals surface area contributed by atoms with Gasteiger partial charge in [-0.1, -0.05) is 6.07 Å². The van der Waals surface area contributed by atoms with Crippen LogP contribution in [0, 0.1) is 0 Å². The standard InChI is InChI=1S/C16H23N3O2/c1-16(2,3)21-14(20)10-18-15(17)19-13-8-7-11-5-4-6-12(11)9-13/h7-9H,4-6,10H2,1-3H3,(H3,17,18,19). The van der Waals surface area contributed by atoms with Crippen molar-refractivity contribution in [3.8, 4) is 0 Å². The number of nitrogens with one attached hydrogen (secondary N) is 1. The highest BCUT2D eigenvalue weighted by Gasteiger charge is 2.15. The zero-order valence-electron chi connectivity index (χ0n) is 12.9. The zero-order chi connectivity index (χ0) is 15.5. The summed E-state index contributed by atoms with van der Waals surface area (Å²) in [5, 5.41) is 3.01. The van der Waals surface area contributed by atoms with Crippen molar-refractivity contribution in [2.24, 2.45) is 10.7 Å². The molecule has 0 amide bonds. The number of aliphatic imine (C=N–C) groups is 1. The minimum absolute atomic E-state index is 0.0823. The van der Waals surface area contributed by atoms with E-state index in [9.17, 15) is 4.79 Å². The third kappa shape index (κ3) is 4.77. The van der Waals surface area contributed by atoms with Gasteiger partial charge >= 0.3 is 5.97 Å². The van der Waals surface area contributed by atoms with Crippen LogP contribution in [0.5, 0.6) is 0 Å². The number of nitrogens with two attached hydrogens (primary N) is 1. The molecule has 0 fully saturated rings. The Morgan fingerprint density at radius 2 is 2.05 bits per heavy atom. The topological polar surface area (TPSA) is 76.7 Å². The lowest BCUT2D eigenvalue weighted by atomic mass is 10.1. The number of esters is 1. The first-order chi connectivity index (χ1) is 9.83. The van der Waals surface area contributed by atoms with Crippen LogP contribution in [0.25, 0.3) is 0 Å². The molecular formula is C16H23N3O2. The molecule has 1 aliphatic rings. The number of anilines is 1. The number of guanidine groups is 1. The van der Waals surface area contributed by atoms with Crippen molar-refractivity contribution in [2.75, 3.05) is 11.9 Å². The average Bonchev–Trinajstić information content (AvgIpc) is 2.81. The molecule has 1 aliphatic carbocycles. The van der Waals surface area contributed by atoms with Crippen molar-refractivity contribution in [2.45, 2.75) is 45.6 Å².